The number of nitrogens with zero attached hydrogens (tertiary/aromatic N) is 1. The van der Waals surface area contributed by atoms with E-state index < -0.39 is 0 Å². The number of anilines is 1. The molecule has 6 heteroatoms. The van der Waals surface area contributed by atoms with E-state index in [0.29, 0.717) is 5.56 Å². The molecular formula is C17H12BrN3OS. The zero-order valence-electron chi connectivity index (χ0n) is 11.9. The average molecular weight is 386 g/mol. The SMILES string of the molecule is O=C(NC(=S)Nc1cccc2ncccc12)c1ccc(Br)cc1. The number of aromatic nitrogens is 1. The van der Waals surface area contributed by atoms with Gasteiger partial charge in [-0.2, -0.15) is 0 Å². The molecule has 0 aliphatic carbocycles. The van der Waals surface area contributed by atoms with E-state index in [1.54, 1.807) is 18.3 Å². The second-order valence-corrected chi connectivity index (χ2v) is 6.11. The number of thiocarbonyl (C=S) groups is 1. The normalized spacial score (nSPS) is 10.3. The number of carbonyl (C=O) groups excluding carboxylic acids is 1. The van der Waals surface area contributed by atoms with Gasteiger partial charge in [0.15, 0.2) is 5.11 Å². The summed E-state index contributed by atoms with van der Waals surface area (Å²) < 4.78 is 0.915. The number of rotatable bonds is 2. The fourth-order valence-electron chi connectivity index (χ4n) is 2.14. The molecule has 3 aromatic rings. The van der Waals surface area contributed by atoms with E-state index in [0.717, 1.165) is 21.1 Å². The number of benzene rings is 2. The van der Waals surface area contributed by atoms with Gasteiger partial charge in [-0.15, -0.1) is 0 Å². The van der Waals surface area contributed by atoms with E-state index in [4.69, 9.17) is 12.2 Å². The zero-order valence-corrected chi connectivity index (χ0v) is 14.3. The van der Waals surface area contributed by atoms with Crippen LogP contribution in [-0.4, -0.2) is 16.0 Å². The Bertz CT molecular complexity index is 875. The Kier molecular flexibility index (Phi) is 4.64. The van der Waals surface area contributed by atoms with Crippen molar-refractivity contribution in [2.45, 2.75) is 0 Å². The van der Waals surface area contributed by atoms with Crippen LogP contribution in [0.1, 0.15) is 10.4 Å². The van der Waals surface area contributed by atoms with Crippen LogP contribution >= 0.6 is 28.1 Å². The van der Waals surface area contributed by atoms with E-state index in [-0.39, 0.29) is 11.0 Å². The molecule has 2 N–H and O–H groups in total. The Morgan fingerprint density at radius 3 is 2.61 bits per heavy atom. The van der Waals surface area contributed by atoms with Gasteiger partial charge in [0.2, 0.25) is 0 Å². The molecule has 2 aromatic carbocycles. The highest BCUT2D eigenvalue weighted by atomic mass is 79.9. The topological polar surface area (TPSA) is 54.0 Å². The van der Waals surface area contributed by atoms with Gasteiger partial charge in [0.1, 0.15) is 0 Å². The first kappa shape index (κ1) is 15.6. The minimum absolute atomic E-state index is 0.245. The van der Waals surface area contributed by atoms with Gasteiger partial charge >= 0.3 is 0 Å². The Morgan fingerprint density at radius 2 is 1.83 bits per heavy atom. The van der Waals surface area contributed by atoms with E-state index in [1.807, 2.05) is 42.5 Å². The van der Waals surface area contributed by atoms with Crippen molar-refractivity contribution in [3.63, 3.8) is 0 Å². The Balaban J connectivity index is 1.74. The smallest absolute Gasteiger partial charge is 0.257 e. The van der Waals surface area contributed by atoms with Gasteiger partial charge in [-0.3, -0.25) is 15.1 Å². The molecule has 114 valence electrons. The average Bonchev–Trinajstić information content (AvgIpc) is 2.55. The van der Waals surface area contributed by atoms with E-state index in [9.17, 15) is 4.79 Å². The maximum absolute atomic E-state index is 12.2. The molecule has 0 fully saturated rings. The van der Waals surface area contributed by atoms with Gasteiger partial charge in [-0.1, -0.05) is 22.0 Å². The van der Waals surface area contributed by atoms with Crippen molar-refractivity contribution in [1.29, 1.82) is 0 Å². The first-order chi connectivity index (χ1) is 11.1. The van der Waals surface area contributed by atoms with Crippen LogP contribution in [-0.2, 0) is 0 Å². The van der Waals surface area contributed by atoms with Crippen LogP contribution in [0.2, 0.25) is 0 Å². The zero-order chi connectivity index (χ0) is 16.2. The largest absolute Gasteiger partial charge is 0.332 e. The Labute approximate surface area is 147 Å². The molecule has 0 bridgehead atoms. The van der Waals surface area contributed by atoms with Crippen LogP contribution in [0.3, 0.4) is 0 Å². The van der Waals surface area contributed by atoms with Gasteiger partial charge in [0.05, 0.1) is 5.52 Å². The van der Waals surface area contributed by atoms with Gasteiger partial charge in [0.25, 0.3) is 5.91 Å². The molecule has 0 aliphatic heterocycles. The summed E-state index contributed by atoms with van der Waals surface area (Å²) in [4.78, 5) is 16.4. The number of pyridine rings is 1. The van der Waals surface area contributed by atoms with Crippen molar-refractivity contribution in [2.75, 3.05) is 5.32 Å². The minimum atomic E-state index is -0.256. The Morgan fingerprint density at radius 1 is 1.04 bits per heavy atom. The molecule has 3 rings (SSSR count). The summed E-state index contributed by atoms with van der Waals surface area (Å²) in [7, 11) is 0. The lowest BCUT2D eigenvalue weighted by atomic mass is 10.2. The predicted octanol–water partition coefficient (Wildman–Crippen LogP) is 4.12. The lowest BCUT2D eigenvalue weighted by Gasteiger charge is -2.11. The van der Waals surface area contributed by atoms with Crippen LogP contribution in [0, 0.1) is 0 Å². The second kappa shape index (κ2) is 6.85. The number of carbonyl (C=O) groups is 1. The van der Waals surface area contributed by atoms with Crippen LogP contribution < -0.4 is 10.6 Å². The molecule has 0 radical (unpaired) electrons. The highest BCUT2D eigenvalue weighted by Gasteiger charge is 2.09. The third kappa shape index (κ3) is 3.72. The quantitative estimate of drug-likeness (QED) is 0.651. The van der Waals surface area contributed by atoms with Gasteiger partial charge < -0.3 is 5.32 Å². The first-order valence-corrected chi connectivity index (χ1v) is 8.05. The maximum Gasteiger partial charge on any atom is 0.257 e. The predicted molar refractivity (Wildman–Crippen MR) is 99.6 cm³/mol. The molecule has 23 heavy (non-hydrogen) atoms. The molecule has 0 saturated heterocycles. The van der Waals surface area contributed by atoms with Crippen molar-refractivity contribution in [1.82, 2.24) is 10.3 Å². The molecule has 0 atom stereocenters. The number of nitrogens with one attached hydrogen (secondary N) is 2. The number of amides is 1. The molecule has 0 aliphatic rings. The highest BCUT2D eigenvalue weighted by Crippen LogP contribution is 2.21. The number of fused-ring (bicyclic) bond motifs is 1. The van der Waals surface area contributed by atoms with Gasteiger partial charge in [-0.25, -0.2) is 0 Å². The molecule has 4 nitrogen and oxygen atoms in total. The molecule has 0 unspecified atom stereocenters. The van der Waals surface area contributed by atoms with E-state index in [1.165, 1.54) is 0 Å². The molecule has 1 heterocycles. The third-order valence-corrected chi connectivity index (χ3v) is 3.96. The summed E-state index contributed by atoms with van der Waals surface area (Å²) in [5.74, 6) is -0.256. The summed E-state index contributed by atoms with van der Waals surface area (Å²) in [6, 6.07) is 16.6. The molecule has 0 spiro atoms. The number of halogens is 1. The summed E-state index contributed by atoms with van der Waals surface area (Å²) in [5, 5.41) is 6.91. The van der Waals surface area contributed by atoms with Crippen LogP contribution in [0.15, 0.2) is 65.3 Å². The number of hydrogen-bond donors (Lipinski definition) is 2. The third-order valence-electron chi connectivity index (χ3n) is 3.23. The lowest BCUT2D eigenvalue weighted by molar-refractivity contribution is 0.0977. The standard InChI is InChI=1S/C17H12BrN3OS/c18-12-8-6-11(7-9-12)16(22)21-17(23)20-15-5-1-4-14-13(15)3-2-10-19-14/h1-10H,(H2,20,21,22,23). The Hall–Kier alpha value is -2.31. The van der Waals surface area contributed by atoms with Gasteiger partial charge in [0, 0.05) is 27.3 Å². The highest BCUT2D eigenvalue weighted by molar-refractivity contribution is 9.10. The van der Waals surface area contributed by atoms with Crippen molar-refractivity contribution >= 4 is 55.8 Å². The second-order valence-electron chi connectivity index (χ2n) is 4.79. The summed E-state index contributed by atoms with van der Waals surface area (Å²) in [6.45, 7) is 0. The molecule has 0 saturated carbocycles. The minimum Gasteiger partial charge on any atom is -0.332 e. The van der Waals surface area contributed by atoms with Crippen molar-refractivity contribution in [3.05, 3.63) is 70.8 Å². The van der Waals surface area contributed by atoms with Crippen LogP contribution in [0.25, 0.3) is 10.9 Å². The van der Waals surface area contributed by atoms with E-state index in [2.05, 4.69) is 31.5 Å². The van der Waals surface area contributed by atoms with Gasteiger partial charge in [-0.05, 0) is 60.7 Å². The van der Waals surface area contributed by atoms with Crippen LogP contribution in [0.4, 0.5) is 5.69 Å². The monoisotopic (exact) mass is 385 g/mol. The fraction of sp³-hybridized carbons (Fsp3) is 0. The fourth-order valence-corrected chi connectivity index (χ4v) is 2.61. The number of hydrogen-bond acceptors (Lipinski definition) is 3. The molecule has 1 aromatic heterocycles. The van der Waals surface area contributed by atoms with Crippen LogP contribution in [0.5, 0.6) is 0 Å². The first-order valence-electron chi connectivity index (χ1n) is 6.85. The summed E-state index contributed by atoms with van der Waals surface area (Å²) in [5.41, 5.74) is 2.20. The molecular weight excluding hydrogens is 374 g/mol. The van der Waals surface area contributed by atoms with Crippen molar-refractivity contribution < 1.29 is 4.79 Å². The lowest BCUT2D eigenvalue weighted by Crippen LogP contribution is -2.34. The van der Waals surface area contributed by atoms with Crippen molar-refractivity contribution in [3.8, 4) is 0 Å². The summed E-state index contributed by atoms with van der Waals surface area (Å²) in [6.07, 6.45) is 1.74. The maximum atomic E-state index is 12.2. The van der Waals surface area contributed by atoms with Crippen molar-refractivity contribution in [2.24, 2.45) is 0 Å². The summed E-state index contributed by atoms with van der Waals surface area (Å²) >= 11 is 8.57. The van der Waals surface area contributed by atoms with E-state index >= 15 is 0 Å². The molecule has 1 amide bonds.